The average molecular weight is 351 g/mol. The first-order chi connectivity index (χ1) is 12.6. The Labute approximate surface area is 149 Å². The van der Waals surface area contributed by atoms with Crippen molar-refractivity contribution < 1.29 is 9.55 Å². The van der Waals surface area contributed by atoms with Crippen LogP contribution in [0.4, 0.5) is 11.4 Å². The molecule has 132 valence electrons. The van der Waals surface area contributed by atoms with Gasteiger partial charge < -0.3 is 4.90 Å². The molecule has 0 bridgehead atoms. The first-order valence-corrected chi connectivity index (χ1v) is 8.33. The van der Waals surface area contributed by atoms with Crippen molar-refractivity contribution in [2.24, 2.45) is 4.99 Å². The molecule has 0 amide bonds. The highest BCUT2D eigenvalue weighted by Gasteiger charge is 2.36. The molecule has 1 saturated heterocycles. The van der Waals surface area contributed by atoms with Gasteiger partial charge in [0.15, 0.2) is 5.52 Å². The van der Waals surface area contributed by atoms with Gasteiger partial charge in [-0.25, -0.2) is 4.63 Å². The molecule has 0 saturated carbocycles. The summed E-state index contributed by atoms with van der Waals surface area (Å²) >= 11 is 0. The van der Waals surface area contributed by atoms with Crippen LogP contribution >= 0.6 is 0 Å². The Kier molecular flexibility index (Phi) is 3.87. The van der Waals surface area contributed by atoms with Gasteiger partial charge in [0.1, 0.15) is 0 Å². The normalized spacial score (nSPS) is 16.5. The van der Waals surface area contributed by atoms with E-state index in [0.29, 0.717) is 5.52 Å². The Morgan fingerprint density at radius 1 is 1.12 bits per heavy atom. The largest absolute Gasteiger partial charge is 0.369 e. The minimum Gasteiger partial charge on any atom is -0.369 e. The number of aliphatic imine (C=N–C) groups is 1. The second-order valence-corrected chi connectivity index (χ2v) is 6.37. The van der Waals surface area contributed by atoms with Crippen molar-refractivity contribution >= 4 is 29.1 Å². The summed E-state index contributed by atoms with van der Waals surface area (Å²) in [5.74, 6) is 0. The molecule has 0 N–H and O–H groups in total. The van der Waals surface area contributed by atoms with Gasteiger partial charge in [0.2, 0.25) is 5.52 Å². The number of fused-ring (bicyclic) bond motifs is 1. The number of nitrogens with zero attached hydrogens (tertiary/aromatic N) is 5. The van der Waals surface area contributed by atoms with Crippen LogP contribution in [0.1, 0.15) is 18.4 Å². The first kappa shape index (κ1) is 16.2. The fourth-order valence-corrected chi connectivity index (χ4v) is 3.65. The molecule has 0 spiro atoms. The standard InChI is InChI=1S/C18H17N5O3/c1-19-18(13-5-3-2-4-6-13)9-11-22(12-10-18)14-7-8-15(23(24)25)17-16(14)20-26-21-17/h2-8H,1,9-12H2. The summed E-state index contributed by atoms with van der Waals surface area (Å²) in [6.07, 6.45) is 1.59. The number of non-ortho nitro benzene ring substituents is 1. The van der Waals surface area contributed by atoms with Crippen molar-refractivity contribution in [3.8, 4) is 0 Å². The zero-order chi connectivity index (χ0) is 18.1. The predicted octanol–water partition coefficient (Wildman–Crippen LogP) is 3.33. The van der Waals surface area contributed by atoms with Gasteiger partial charge in [-0.3, -0.25) is 15.1 Å². The molecule has 0 aliphatic carbocycles. The Balaban J connectivity index is 1.64. The van der Waals surface area contributed by atoms with Crippen LogP contribution in [0.3, 0.4) is 0 Å². The molecular weight excluding hydrogens is 334 g/mol. The molecule has 2 heterocycles. The Hall–Kier alpha value is -3.29. The van der Waals surface area contributed by atoms with Gasteiger partial charge in [-0.1, -0.05) is 30.3 Å². The smallest absolute Gasteiger partial charge is 0.300 e. The quantitative estimate of drug-likeness (QED) is 0.406. The van der Waals surface area contributed by atoms with Crippen LogP contribution in [0.25, 0.3) is 11.0 Å². The van der Waals surface area contributed by atoms with Gasteiger partial charge in [-0.2, -0.15) is 0 Å². The molecule has 0 unspecified atom stereocenters. The van der Waals surface area contributed by atoms with Crippen molar-refractivity contribution in [2.75, 3.05) is 18.0 Å². The second-order valence-electron chi connectivity index (χ2n) is 6.37. The number of aromatic nitrogens is 2. The van der Waals surface area contributed by atoms with Crippen molar-refractivity contribution in [2.45, 2.75) is 18.4 Å². The molecule has 1 aliphatic heterocycles. The third kappa shape index (κ3) is 2.50. The number of hydrogen-bond donors (Lipinski definition) is 0. The maximum Gasteiger partial charge on any atom is 0.300 e. The molecule has 3 aromatic rings. The van der Waals surface area contributed by atoms with E-state index >= 15 is 0 Å². The molecule has 8 heteroatoms. The average Bonchev–Trinajstić information content (AvgIpc) is 3.18. The zero-order valence-corrected chi connectivity index (χ0v) is 14.0. The molecule has 8 nitrogen and oxygen atoms in total. The van der Waals surface area contributed by atoms with Crippen molar-refractivity contribution in [3.63, 3.8) is 0 Å². The number of rotatable bonds is 4. The first-order valence-electron chi connectivity index (χ1n) is 8.33. The van der Waals surface area contributed by atoms with E-state index in [9.17, 15) is 10.1 Å². The summed E-state index contributed by atoms with van der Waals surface area (Å²) in [6, 6.07) is 13.3. The summed E-state index contributed by atoms with van der Waals surface area (Å²) in [4.78, 5) is 17.3. The third-order valence-electron chi connectivity index (χ3n) is 5.11. The summed E-state index contributed by atoms with van der Waals surface area (Å²) in [7, 11) is 0. The lowest BCUT2D eigenvalue weighted by Gasteiger charge is -2.40. The van der Waals surface area contributed by atoms with E-state index in [1.54, 1.807) is 6.07 Å². The number of benzene rings is 2. The number of piperidine rings is 1. The topological polar surface area (TPSA) is 97.7 Å². The monoisotopic (exact) mass is 351 g/mol. The summed E-state index contributed by atoms with van der Waals surface area (Å²) in [6.45, 7) is 5.28. The Morgan fingerprint density at radius 3 is 2.46 bits per heavy atom. The highest BCUT2D eigenvalue weighted by molar-refractivity contribution is 5.93. The fraction of sp³-hybridized carbons (Fsp3) is 0.278. The van der Waals surface area contributed by atoms with Crippen LogP contribution in [0.2, 0.25) is 0 Å². The van der Waals surface area contributed by atoms with Crippen molar-refractivity contribution in [3.05, 3.63) is 58.1 Å². The van der Waals surface area contributed by atoms with Crippen LogP contribution in [-0.4, -0.2) is 35.0 Å². The van der Waals surface area contributed by atoms with E-state index in [1.807, 2.05) is 18.2 Å². The van der Waals surface area contributed by atoms with Gasteiger partial charge >= 0.3 is 5.69 Å². The molecule has 2 aromatic carbocycles. The van der Waals surface area contributed by atoms with Gasteiger partial charge in [0, 0.05) is 19.2 Å². The molecule has 26 heavy (non-hydrogen) atoms. The summed E-state index contributed by atoms with van der Waals surface area (Å²) in [5.41, 5.74) is 2.13. The Bertz CT molecular complexity index is 961. The van der Waals surface area contributed by atoms with Crippen molar-refractivity contribution in [1.29, 1.82) is 0 Å². The van der Waals surface area contributed by atoms with Gasteiger partial charge in [0.05, 0.1) is 16.1 Å². The van der Waals surface area contributed by atoms with E-state index in [-0.39, 0.29) is 16.7 Å². The van der Waals surface area contributed by atoms with E-state index in [4.69, 9.17) is 4.63 Å². The fourth-order valence-electron chi connectivity index (χ4n) is 3.65. The lowest BCUT2D eigenvalue weighted by molar-refractivity contribution is -0.383. The minimum absolute atomic E-state index is 0.103. The SMILES string of the molecule is C=NC1(c2ccccc2)CCN(c2ccc([N+](=O)[O-])c3nonc23)CC1. The molecule has 0 radical (unpaired) electrons. The minimum atomic E-state index is -0.478. The molecular formula is C18H17N5O3. The van der Waals surface area contributed by atoms with Crippen molar-refractivity contribution in [1.82, 2.24) is 10.3 Å². The van der Waals surface area contributed by atoms with Gasteiger partial charge in [-0.15, -0.1) is 0 Å². The lowest BCUT2D eigenvalue weighted by atomic mass is 9.81. The maximum absolute atomic E-state index is 11.1. The van der Waals surface area contributed by atoms with Gasteiger partial charge in [0.25, 0.3) is 0 Å². The second kappa shape index (κ2) is 6.21. The third-order valence-corrected chi connectivity index (χ3v) is 5.11. The maximum atomic E-state index is 11.1. The highest BCUT2D eigenvalue weighted by atomic mass is 16.6. The lowest BCUT2D eigenvalue weighted by Crippen LogP contribution is -2.41. The number of hydrogen-bond acceptors (Lipinski definition) is 7. The van der Waals surface area contributed by atoms with E-state index in [1.165, 1.54) is 6.07 Å². The van der Waals surface area contributed by atoms with Crippen LogP contribution in [0.5, 0.6) is 0 Å². The highest BCUT2D eigenvalue weighted by Crippen LogP contribution is 2.39. The van der Waals surface area contributed by atoms with Crippen LogP contribution < -0.4 is 4.90 Å². The Morgan fingerprint density at radius 2 is 1.81 bits per heavy atom. The molecule has 0 atom stereocenters. The zero-order valence-electron chi connectivity index (χ0n) is 14.0. The molecule has 1 aromatic heterocycles. The number of nitro groups is 1. The van der Waals surface area contributed by atoms with E-state index in [2.05, 4.69) is 39.1 Å². The summed E-state index contributed by atoms with van der Waals surface area (Å²) in [5, 5.41) is 18.7. The predicted molar refractivity (Wildman–Crippen MR) is 97.6 cm³/mol. The molecule has 1 aliphatic rings. The molecule has 4 rings (SSSR count). The van der Waals surface area contributed by atoms with Crippen LogP contribution in [-0.2, 0) is 5.54 Å². The van der Waals surface area contributed by atoms with Crippen LogP contribution in [0, 0.1) is 10.1 Å². The van der Waals surface area contributed by atoms with Gasteiger partial charge in [-0.05, 0) is 41.5 Å². The molecule has 1 fully saturated rings. The number of nitro benzene ring substituents is 1. The van der Waals surface area contributed by atoms with E-state index in [0.717, 1.165) is 37.2 Å². The summed E-state index contributed by atoms with van der Waals surface area (Å²) < 4.78 is 4.76. The van der Waals surface area contributed by atoms with E-state index < -0.39 is 4.92 Å². The van der Waals surface area contributed by atoms with Crippen LogP contribution in [0.15, 0.2) is 52.1 Å². The number of anilines is 1.